The van der Waals surface area contributed by atoms with E-state index in [2.05, 4.69) is 13.0 Å². The Hall–Kier alpha value is -0.530. The van der Waals surface area contributed by atoms with E-state index >= 15 is 0 Å². The molecular formula is C13H20ClN. The van der Waals surface area contributed by atoms with Crippen molar-refractivity contribution in [3.8, 4) is 0 Å². The van der Waals surface area contributed by atoms with Gasteiger partial charge in [-0.25, -0.2) is 0 Å². The lowest BCUT2D eigenvalue weighted by atomic mass is 10.0. The van der Waals surface area contributed by atoms with E-state index in [0.29, 0.717) is 0 Å². The van der Waals surface area contributed by atoms with Crippen LogP contribution in [-0.2, 0) is 0 Å². The lowest BCUT2D eigenvalue weighted by molar-refractivity contribution is 0.581. The topological polar surface area (TPSA) is 26.0 Å². The van der Waals surface area contributed by atoms with E-state index in [1.54, 1.807) is 0 Å². The Kier molecular flexibility index (Phi) is 5.13. The smallest absolute Gasteiger partial charge is 0.0438 e. The van der Waals surface area contributed by atoms with E-state index in [1.165, 1.54) is 19.3 Å². The van der Waals surface area contributed by atoms with Crippen LogP contribution < -0.4 is 5.73 Å². The van der Waals surface area contributed by atoms with Gasteiger partial charge in [0.25, 0.3) is 0 Å². The van der Waals surface area contributed by atoms with Crippen molar-refractivity contribution in [3.05, 3.63) is 34.3 Å². The molecule has 0 radical (unpaired) electrons. The summed E-state index contributed by atoms with van der Waals surface area (Å²) in [6.07, 6.45) is 4.74. The highest BCUT2D eigenvalue weighted by atomic mass is 35.5. The van der Waals surface area contributed by atoms with Crippen LogP contribution in [0.4, 0.5) is 0 Å². The van der Waals surface area contributed by atoms with Crippen LogP contribution in [0.3, 0.4) is 0 Å². The second kappa shape index (κ2) is 6.14. The summed E-state index contributed by atoms with van der Waals surface area (Å²) in [5.41, 5.74) is 8.36. The lowest BCUT2D eigenvalue weighted by Crippen LogP contribution is -2.10. The third-order valence-electron chi connectivity index (χ3n) is 2.74. The molecule has 0 saturated carbocycles. The van der Waals surface area contributed by atoms with Gasteiger partial charge in [0.2, 0.25) is 0 Å². The molecule has 0 spiro atoms. The van der Waals surface area contributed by atoms with E-state index in [1.807, 2.05) is 19.1 Å². The number of hydrogen-bond donors (Lipinski definition) is 1. The fourth-order valence-corrected chi connectivity index (χ4v) is 1.81. The van der Waals surface area contributed by atoms with Crippen molar-refractivity contribution in [3.63, 3.8) is 0 Å². The molecule has 2 heteroatoms. The fourth-order valence-electron chi connectivity index (χ4n) is 1.62. The Morgan fingerprint density at radius 3 is 2.67 bits per heavy atom. The van der Waals surface area contributed by atoms with Crippen LogP contribution in [0.2, 0.25) is 5.02 Å². The average Bonchev–Trinajstić information content (AvgIpc) is 2.22. The van der Waals surface area contributed by atoms with Gasteiger partial charge in [-0.05, 0) is 30.5 Å². The Morgan fingerprint density at radius 1 is 1.33 bits per heavy atom. The molecule has 15 heavy (non-hydrogen) atoms. The van der Waals surface area contributed by atoms with Crippen LogP contribution >= 0.6 is 11.6 Å². The van der Waals surface area contributed by atoms with Crippen molar-refractivity contribution in [2.75, 3.05) is 0 Å². The summed E-state index contributed by atoms with van der Waals surface area (Å²) in [5, 5.41) is 0.818. The van der Waals surface area contributed by atoms with Crippen LogP contribution in [0.15, 0.2) is 18.2 Å². The third kappa shape index (κ3) is 3.84. The zero-order valence-electron chi connectivity index (χ0n) is 9.59. The SMILES string of the molecule is CCCCC[C@@H](N)c1ccc(C)c(Cl)c1. The highest BCUT2D eigenvalue weighted by Crippen LogP contribution is 2.23. The number of hydrogen-bond acceptors (Lipinski definition) is 1. The minimum absolute atomic E-state index is 0.134. The summed E-state index contributed by atoms with van der Waals surface area (Å²) in [6, 6.07) is 6.25. The first kappa shape index (κ1) is 12.5. The molecule has 0 saturated heterocycles. The standard InChI is InChI=1S/C13H20ClN/c1-3-4-5-6-13(15)11-8-7-10(2)12(14)9-11/h7-9,13H,3-6,15H2,1-2H3/t13-/m1/s1. The summed E-state index contributed by atoms with van der Waals surface area (Å²) < 4.78 is 0. The Labute approximate surface area is 97.6 Å². The van der Waals surface area contributed by atoms with Gasteiger partial charge in [-0.1, -0.05) is 49.9 Å². The maximum Gasteiger partial charge on any atom is 0.0438 e. The van der Waals surface area contributed by atoms with Crippen LogP contribution in [0.5, 0.6) is 0 Å². The summed E-state index contributed by atoms with van der Waals surface area (Å²) >= 11 is 6.06. The van der Waals surface area contributed by atoms with Gasteiger partial charge in [0.15, 0.2) is 0 Å². The molecule has 1 atom stereocenters. The quantitative estimate of drug-likeness (QED) is 0.746. The van der Waals surface area contributed by atoms with Crippen molar-refractivity contribution in [1.82, 2.24) is 0 Å². The molecule has 0 fully saturated rings. The van der Waals surface area contributed by atoms with Crippen LogP contribution in [-0.4, -0.2) is 0 Å². The maximum atomic E-state index is 6.10. The van der Waals surface area contributed by atoms with Gasteiger partial charge in [0, 0.05) is 11.1 Å². The first-order valence-electron chi connectivity index (χ1n) is 5.66. The van der Waals surface area contributed by atoms with Crippen LogP contribution in [0.1, 0.15) is 49.8 Å². The minimum atomic E-state index is 0.134. The van der Waals surface area contributed by atoms with Gasteiger partial charge in [0.05, 0.1) is 0 Å². The van der Waals surface area contributed by atoms with Crippen molar-refractivity contribution in [1.29, 1.82) is 0 Å². The number of benzene rings is 1. The van der Waals surface area contributed by atoms with E-state index in [4.69, 9.17) is 17.3 Å². The molecule has 0 amide bonds. The van der Waals surface area contributed by atoms with E-state index in [9.17, 15) is 0 Å². The molecule has 1 aromatic carbocycles. The van der Waals surface area contributed by atoms with Crippen molar-refractivity contribution < 1.29 is 0 Å². The van der Waals surface area contributed by atoms with E-state index in [0.717, 1.165) is 22.6 Å². The molecule has 0 unspecified atom stereocenters. The highest BCUT2D eigenvalue weighted by molar-refractivity contribution is 6.31. The minimum Gasteiger partial charge on any atom is -0.324 e. The number of rotatable bonds is 5. The molecule has 1 rings (SSSR count). The number of halogens is 1. The molecule has 0 aromatic heterocycles. The normalized spacial score (nSPS) is 12.8. The van der Waals surface area contributed by atoms with Gasteiger partial charge in [-0.3, -0.25) is 0 Å². The molecule has 0 aliphatic carbocycles. The molecule has 0 heterocycles. The van der Waals surface area contributed by atoms with Crippen molar-refractivity contribution in [2.24, 2.45) is 5.73 Å². The predicted molar refractivity (Wildman–Crippen MR) is 67.3 cm³/mol. The predicted octanol–water partition coefficient (Wildman–Crippen LogP) is 4.23. The van der Waals surface area contributed by atoms with Gasteiger partial charge in [-0.15, -0.1) is 0 Å². The zero-order chi connectivity index (χ0) is 11.3. The monoisotopic (exact) mass is 225 g/mol. The van der Waals surface area contributed by atoms with E-state index < -0.39 is 0 Å². The second-order valence-corrected chi connectivity index (χ2v) is 4.52. The molecule has 0 aliphatic rings. The Bertz CT molecular complexity index is 309. The van der Waals surface area contributed by atoms with Gasteiger partial charge < -0.3 is 5.73 Å². The highest BCUT2D eigenvalue weighted by Gasteiger charge is 2.06. The van der Waals surface area contributed by atoms with Crippen molar-refractivity contribution in [2.45, 2.75) is 45.6 Å². The van der Waals surface area contributed by atoms with Crippen LogP contribution in [0, 0.1) is 6.92 Å². The molecule has 1 nitrogen and oxygen atoms in total. The number of aryl methyl sites for hydroxylation is 1. The third-order valence-corrected chi connectivity index (χ3v) is 3.15. The molecule has 84 valence electrons. The Balaban J connectivity index is 2.57. The van der Waals surface area contributed by atoms with Gasteiger partial charge >= 0.3 is 0 Å². The molecular weight excluding hydrogens is 206 g/mol. The first-order chi connectivity index (χ1) is 7.15. The van der Waals surface area contributed by atoms with E-state index in [-0.39, 0.29) is 6.04 Å². The molecule has 0 bridgehead atoms. The second-order valence-electron chi connectivity index (χ2n) is 4.11. The fraction of sp³-hybridized carbons (Fsp3) is 0.538. The lowest BCUT2D eigenvalue weighted by Gasteiger charge is -2.12. The first-order valence-corrected chi connectivity index (χ1v) is 6.04. The summed E-state index contributed by atoms with van der Waals surface area (Å²) in [4.78, 5) is 0. The number of nitrogens with two attached hydrogens (primary N) is 1. The van der Waals surface area contributed by atoms with Crippen LogP contribution in [0.25, 0.3) is 0 Å². The average molecular weight is 226 g/mol. The zero-order valence-corrected chi connectivity index (χ0v) is 10.3. The summed E-state index contributed by atoms with van der Waals surface area (Å²) in [6.45, 7) is 4.21. The summed E-state index contributed by atoms with van der Waals surface area (Å²) in [5.74, 6) is 0. The Morgan fingerprint density at radius 2 is 2.07 bits per heavy atom. The van der Waals surface area contributed by atoms with Gasteiger partial charge in [0.1, 0.15) is 0 Å². The van der Waals surface area contributed by atoms with Gasteiger partial charge in [-0.2, -0.15) is 0 Å². The maximum absolute atomic E-state index is 6.10. The molecule has 0 aliphatic heterocycles. The molecule has 2 N–H and O–H groups in total. The largest absolute Gasteiger partial charge is 0.324 e. The molecule has 1 aromatic rings. The number of unbranched alkanes of at least 4 members (excludes halogenated alkanes) is 2. The van der Waals surface area contributed by atoms with Crippen molar-refractivity contribution >= 4 is 11.6 Å². The summed E-state index contributed by atoms with van der Waals surface area (Å²) in [7, 11) is 0.